The number of aliphatic hydroxyl groups excluding tert-OH is 1. The van der Waals surface area contributed by atoms with Crippen molar-refractivity contribution in [2.24, 2.45) is 23.7 Å². The minimum Gasteiger partial charge on any atom is -0.459 e. The zero-order valence-electron chi connectivity index (χ0n) is 10.3. The van der Waals surface area contributed by atoms with Crippen molar-refractivity contribution in [3.63, 3.8) is 0 Å². The Morgan fingerprint density at radius 2 is 2.06 bits per heavy atom. The van der Waals surface area contributed by atoms with E-state index in [1.807, 2.05) is 0 Å². The first kappa shape index (κ1) is 11.3. The zero-order valence-corrected chi connectivity index (χ0v) is 10.3. The molecule has 3 aliphatic rings. The van der Waals surface area contributed by atoms with Crippen molar-refractivity contribution in [3.05, 3.63) is 12.2 Å². The summed E-state index contributed by atoms with van der Waals surface area (Å²) in [7, 11) is 0. The molecule has 0 radical (unpaired) electrons. The average molecular weight is 236 g/mol. The maximum Gasteiger partial charge on any atom is 0.333 e. The van der Waals surface area contributed by atoms with Gasteiger partial charge in [0.15, 0.2) is 0 Å². The van der Waals surface area contributed by atoms with Gasteiger partial charge in [0, 0.05) is 11.5 Å². The summed E-state index contributed by atoms with van der Waals surface area (Å²) >= 11 is 0. The monoisotopic (exact) mass is 236 g/mol. The van der Waals surface area contributed by atoms with Gasteiger partial charge in [-0.05, 0) is 50.4 Å². The van der Waals surface area contributed by atoms with Crippen LogP contribution in [0.3, 0.4) is 0 Å². The highest BCUT2D eigenvalue weighted by Gasteiger charge is 2.57. The van der Waals surface area contributed by atoms with E-state index in [1.54, 1.807) is 6.92 Å². The smallest absolute Gasteiger partial charge is 0.333 e. The van der Waals surface area contributed by atoms with Gasteiger partial charge >= 0.3 is 5.97 Å². The van der Waals surface area contributed by atoms with Gasteiger partial charge in [-0.3, -0.25) is 0 Å². The Hall–Kier alpha value is -0.830. The quantitative estimate of drug-likeness (QED) is 0.588. The molecule has 3 rings (SSSR count). The maximum atomic E-state index is 11.6. The van der Waals surface area contributed by atoms with Gasteiger partial charge < -0.3 is 9.84 Å². The van der Waals surface area contributed by atoms with E-state index in [-0.39, 0.29) is 18.2 Å². The van der Waals surface area contributed by atoms with Crippen molar-refractivity contribution in [1.82, 2.24) is 0 Å². The molecular weight excluding hydrogens is 216 g/mol. The number of aliphatic hydroxyl groups is 1. The summed E-state index contributed by atoms with van der Waals surface area (Å²) in [5.74, 6) is 1.89. The second-order valence-corrected chi connectivity index (χ2v) is 6.01. The van der Waals surface area contributed by atoms with E-state index in [2.05, 4.69) is 6.58 Å². The van der Waals surface area contributed by atoms with Crippen LogP contribution >= 0.6 is 0 Å². The molecule has 2 bridgehead atoms. The molecule has 0 aromatic heterocycles. The van der Waals surface area contributed by atoms with Crippen LogP contribution in [0.25, 0.3) is 0 Å². The van der Waals surface area contributed by atoms with Gasteiger partial charge in [-0.1, -0.05) is 6.58 Å². The van der Waals surface area contributed by atoms with Crippen molar-refractivity contribution in [2.75, 3.05) is 0 Å². The van der Waals surface area contributed by atoms with Crippen LogP contribution in [0, 0.1) is 23.7 Å². The summed E-state index contributed by atoms with van der Waals surface area (Å²) in [6.45, 7) is 5.32. The Morgan fingerprint density at radius 1 is 1.29 bits per heavy atom. The van der Waals surface area contributed by atoms with Crippen LogP contribution in [0.5, 0.6) is 0 Å². The summed E-state index contributed by atoms with van der Waals surface area (Å²) in [5.41, 5.74) is 0.483. The molecule has 94 valence electrons. The lowest BCUT2D eigenvalue weighted by molar-refractivity contribution is -0.147. The number of fused-ring (bicyclic) bond motifs is 5. The summed E-state index contributed by atoms with van der Waals surface area (Å²) in [4.78, 5) is 11.6. The van der Waals surface area contributed by atoms with E-state index in [0.717, 1.165) is 25.7 Å². The Labute approximate surface area is 102 Å². The molecule has 0 heterocycles. The molecule has 3 saturated carbocycles. The van der Waals surface area contributed by atoms with Crippen molar-refractivity contribution in [1.29, 1.82) is 0 Å². The molecule has 0 aliphatic heterocycles. The van der Waals surface area contributed by atoms with Crippen molar-refractivity contribution in [2.45, 2.75) is 44.8 Å². The van der Waals surface area contributed by atoms with Crippen LogP contribution in [0.1, 0.15) is 32.6 Å². The lowest BCUT2D eigenvalue weighted by atomic mass is 9.79. The molecule has 3 fully saturated rings. The molecule has 0 amide bonds. The molecule has 1 N–H and O–H groups in total. The average Bonchev–Trinajstić information content (AvgIpc) is 2.89. The number of hydrogen-bond donors (Lipinski definition) is 1. The van der Waals surface area contributed by atoms with Crippen LogP contribution in [0.2, 0.25) is 0 Å². The molecule has 6 unspecified atom stereocenters. The summed E-state index contributed by atoms with van der Waals surface area (Å²) in [5, 5.41) is 9.90. The van der Waals surface area contributed by atoms with Crippen LogP contribution in [-0.4, -0.2) is 23.3 Å². The summed E-state index contributed by atoms with van der Waals surface area (Å²) in [6, 6.07) is 0. The minimum atomic E-state index is -0.251. The Kier molecular flexibility index (Phi) is 2.54. The third kappa shape index (κ3) is 1.63. The SMILES string of the molecule is C=C(C)C(=O)OC1CCC2C3CC(CC3O)C12. The highest BCUT2D eigenvalue weighted by atomic mass is 16.5. The first-order valence-corrected chi connectivity index (χ1v) is 6.62. The molecule has 3 aliphatic carbocycles. The number of rotatable bonds is 2. The molecule has 6 atom stereocenters. The second-order valence-electron chi connectivity index (χ2n) is 6.01. The molecule has 3 nitrogen and oxygen atoms in total. The minimum absolute atomic E-state index is 0.0756. The van der Waals surface area contributed by atoms with E-state index >= 15 is 0 Å². The largest absolute Gasteiger partial charge is 0.459 e. The van der Waals surface area contributed by atoms with Gasteiger partial charge in [0.1, 0.15) is 6.10 Å². The van der Waals surface area contributed by atoms with E-state index in [4.69, 9.17) is 4.74 Å². The normalized spacial score (nSPS) is 46.9. The molecule has 17 heavy (non-hydrogen) atoms. The van der Waals surface area contributed by atoms with Crippen molar-refractivity contribution < 1.29 is 14.6 Å². The molecule has 0 aromatic rings. The van der Waals surface area contributed by atoms with Gasteiger partial charge in [-0.2, -0.15) is 0 Å². The Morgan fingerprint density at radius 3 is 2.76 bits per heavy atom. The van der Waals surface area contributed by atoms with Crippen LogP contribution in [0.15, 0.2) is 12.2 Å². The predicted octanol–water partition coefficient (Wildman–Crippen LogP) is 1.90. The molecule has 0 aromatic carbocycles. The molecule has 0 saturated heterocycles. The molecule has 0 spiro atoms. The van der Waals surface area contributed by atoms with Gasteiger partial charge in [0.05, 0.1) is 6.10 Å². The number of carbonyl (C=O) groups excluding carboxylic acids is 1. The van der Waals surface area contributed by atoms with E-state index < -0.39 is 0 Å². The fourth-order valence-corrected chi connectivity index (χ4v) is 4.41. The Balaban J connectivity index is 1.70. The lowest BCUT2D eigenvalue weighted by Crippen LogP contribution is -2.34. The third-order valence-corrected chi connectivity index (χ3v) is 5.02. The fraction of sp³-hybridized carbons (Fsp3) is 0.786. The van der Waals surface area contributed by atoms with Crippen LogP contribution < -0.4 is 0 Å². The van der Waals surface area contributed by atoms with E-state index in [9.17, 15) is 9.90 Å². The molecular formula is C14H20O3. The lowest BCUT2D eigenvalue weighted by Gasteiger charge is -2.31. The van der Waals surface area contributed by atoms with Gasteiger partial charge in [0.25, 0.3) is 0 Å². The summed E-state index contributed by atoms with van der Waals surface area (Å²) < 4.78 is 5.55. The first-order chi connectivity index (χ1) is 8.08. The van der Waals surface area contributed by atoms with Gasteiger partial charge in [0.2, 0.25) is 0 Å². The highest BCUT2D eigenvalue weighted by Crippen LogP contribution is 2.59. The van der Waals surface area contributed by atoms with Gasteiger partial charge in [-0.15, -0.1) is 0 Å². The third-order valence-electron chi connectivity index (χ3n) is 5.02. The van der Waals surface area contributed by atoms with Crippen molar-refractivity contribution >= 4 is 5.97 Å². The van der Waals surface area contributed by atoms with Crippen LogP contribution in [-0.2, 0) is 9.53 Å². The van der Waals surface area contributed by atoms with E-state index in [1.165, 1.54) is 0 Å². The maximum absolute atomic E-state index is 11.6. The number of esters is 1. The number of carbonyl (C=O) groups is 1. The van der Waals surface area contributed by atoms with E-state index in [0.29, 0.717) is 29.2 Å². The fourth-order valence-electron chi connectivity index (χ4n) is 4.41. The molecule has 3 heteroatoms. The predicted molar refractivity (Wildman–Crippen MR) is 63.1 cm³/mol. The topological polar surface area (TPSA) is 46.5 Å². The highest BCUT2D eigenvalue weighted by molar-refractivity contribution is 5.87. The Bertz CT molecular complexity index is 362. The van der Waals surface area contributed by atoms with Crippen molar-refractivity contribution in [3.8, 4) is 0 Å². The summed E-state index contributed by atoms with van der Waals surface area (Å²) in [6.07, 6.45) is 4.10. The van der Waals surface area contributed by atoms with Crippen LogP contribution in [0.4, 0.5) is 0 Å². The second kappa shape index (κ2) is 3.84. The van der Waals surface area contributed by atoms with Gasteiger partial charge in [-0.25, -0.2) is 4.79 Å². The first-order valence-electron chi connectivity index (χ1n) is 6.62. The zero-order chi connectivity index (χ0) is 12.2. The number of ether oxygens (including phenoxy) is 1. The standard InChI is InChI=1S/C14H20O3/c1-7(2)14(16)17-12-4-3-9-10-5-8(13(9)12)6-11(10)15/h8-13,15H,1,3-6H2,2H3. The number of hydrogen-bond acceptors (Lipinski definition) is 3.